The summed E-state index contributed by atoms with van der Waals surface area (Å²) in [6.45, 7) is 4.12. The number of aromatic nitrogens is 1. The molecule has 0 radical (unpaired) electrons. The fourth-order valence-corrected chi connectivity index (χ4v) is 4.17. The normalized spacial score (nSPS) is 11.7. The summed E-state index contributed by atoms with van der Waals surface area (Å²) in [6, 6.07) is 13.6. The van der Waals surface area contributed by atoms with E-state index in [0.717, 1.165) is 10.9 Å². The van der Waals surface area contributed by atoms with E-state index in [4.69, 9.17) is 0 Å². The lowest BCUT2D eigenvalue weighted by molar-refractivity contribution is 0.593. The van der Waals surface area contributed by atoms with Gasteiger partial charge in [0.1, 0.15) is 4.90 Å². The minimum Gasteiger partial charge on any atom is -0.314 e. The molecule has 3 aromatic rings. The first-order chi connectivity index (χ1) is 10.9. The first-order valence-electron chi connectivity index (χ1n) is 7.39. The molecule has 23 heavy (non-hydrogen) atoms. The number of fused-ring (bicyclic) bond motifs is 1. The van der Waals surface area contributed by atoms with E-state index in [9.17, 15) is 13.2 Å². The smallest absolute Gasteiger partial charge is 0.270 e. The van der Waals surface area contributed by atoms with Gasteiger partial charge in [-0.3, -0.25) is 4.79 Å². The van der Waals surface area contributed by atoms with Gasteiger partial charge in [0.15, 0.2) is 0 Å². The number of hydrogen-bond donors (Lipinski definition) is 0. The molecule has 0 aliphatic heterocycles. The lowest BCUT2D eigenvalue weighted by atomic mass is 10.2. The van der Waals surface area contributed by atoms with Gasteiger partial charge in [0.05, 0.1) is 4.90 Å². The van der Waals surface area contributed by atoms with E-state index in [-0.39, 0.29) is 9.79 Å². The predicted octanol–water partition coefficient (Wildman–Crippen LogP) is 3.16. The molecule has 0 N–H and O–H groups in total. The largest absolute Gasteiger partial charge is 0.314 e. The Morgan fingerprint density at radius 3 is 2.30 bits per heavy atom. The number of nitrogens with zero attached hydrogens (tertiary/aromatic N) is 1. The second kappa shape index (κ2) is 5.66. The molecule has 0 saturated heterocycles. The summed E-state index contributed by atoms with van der Waals surface area (Å²) in [7, 11) is -3.88. The van der Waals surface area contributed by atoms with Crippen LogP contribution in [0.2, 0.25) is 0 Å². The number of aryl methyl sites for hydroxylation is 2. The van der Waals surface area contributed by atoms with Crippen molar-refractivity contribution in [2.75, 3.05) is 0 Å². The maximum atomic E-state index is 13.0. The monoisotopic (exact) mass is 327 g/mol. The van der Waals surface area contributed by atoms with E-state index in [1.54, 1.807) is 42.6 Å². The van der Waals surface area contributed by atoms with E-state index in [0.29, 0.717) is 11.9 Å². The quantitative estimate of drug-likeness (QED) is 0.742. The standard InChI is InChI=1S/C18H17NO3S/c1-3-19-12-14-6-4-5-7-16(14)17(18(19)20)23(21,22)15-10-8-13(2)9-11-15/h4-12H,3H2,1-2H3. The number of sulfone groups is 1. The molecular formula is C18H17NO3S. The van der Waals surface area contributed by atoms with Gasteiger partial charge in [0, 0.05) is 18.1 Å². The van der Waals surface area contributed by atoms with Gasteiger partial charge in [0.2, 0.25) is 9.84 Å². The Balaban J connectivity index is 2.41. The minimum absolute atomic E-state index is 0.138. The molecular weight excluding hydrogens is 310 g/mol. The number of hydrogen-bond acceptors (Lipinski definition) is 3. The molecule has 0 saturated carbocycles. The molecule has 4 nitrogen and oxygen atoms in total. The van der Waals surface area contributed by atoms with Crippen molar-refractivity contribution in [2.45, 2.75) is 30.2 Å². The van der Waals surface area contributed by atoms with Crippen molar-refractivity contribution in [2.24, 2.45) is 0 Å². The lowest BCUT2D eigenvalue weighted by Gasteiger charge is -2.11. The first kappa shape index (κ1) is 15.5. The summed E-state index contributed by atoms with van der Waals surface area (Å²) in [5.74, 6) is 0. The molecule has 118 valence electrons. The Labute approximate surface area is 134 Å². The second-order valence-electron chi connectivity index (χ2n) is 5.45. The van der Waals surface area contributed by atoms with Crippen LogP contribution < -0.4 is 5.56 Å². The van der Waals surface area contributed by atoms with Crippen molar-refractivity contribution in [1.29, 1.82) is 0 Å². The maximum Gasteiger partial charge on any atom is 0.270 e. The van der Waals surface area contributed by atoms with Gasteiger partial charge in [-0.15, -0.1) is 0 Å². The van der Waals surface area contributed by atoms with E-state index >= 15 is 0 Å². The average Bonchev–Trinajstić information content (AvgIpc) is 2.54. The Morgan fingerprint density at radius 1 is 1.00 bits per heavy atom. The van der Waals surface area contributed by atoms with Crippen molar-refractivity contribution in [3.8, 4) is 0 Å². The van der Waals surface area contributed by atoms with Gasteiger partial charge in [0.25, 0.3) is 5.56 Å². The highest BCUT2D eigenvalue weighted by molar-refractivity contribution is 7.91. The summed E-state index contributed by atoms with van der Waals surface area (Å²) in [5, 5.41) is 1.20. The van der Waals surface area contributed by atoms with Gasteiger partial charge in [-0.25, -0.2) is 8.42 Å². The van der Waals surface area contributed by atoms with Crippen LogP contribution in [0, 0.1) is 6.92 Å². The van der Waals surface area contributed by atoms with Crippen LogP contribution >= 0.6 is 0 Å². The summed E-state index contributed by atoms with van der Waals surface area (Å²) in [5.41, 5.74) is 0.486. The van der Waals surface area contributed by atoms with Gasteiger partial charge in [-0.2, -0.15) is 0 Å². The third-order valence-electron chi connectivity index (χ3n) is 3.90. The molecule has 2 aromatic carbocycles. The van der Waals surface area contributed by atoms with Crippen LogP contribution in [0.1, 0.15) is 12.5 Å². The summed E-state index contributed by atoms with van der Waals surface area (Å²) in [6.07, 6.45) is 1.70. The van der Waals surface area contributed by atoms with E-state index in [1.165, 1.54) is 4.57 Å². The second-order valence-corrected chi connectivity index (χ2v) is 7.34. The van der Waals surface area contributed by atoms with Crippen LogP contribution in [0.3, 0.4) is 0 Å². The third-order valence-corrected chi connectivity index (χ3v) is 5.72. The predicted molar refractivity (Wildman–Crippen MR) is 90.5 cm³/mol. The highest BCUT2D eigenvalue weighted by Crippen LogP contribution is 2.25. The molecule has 5 heteroatoms. The van der Waals surface area contributed by atoms with Gasteiger partial charge in [-0.05, 0) is 31.4 Å². The van der Waals surface area contributed by atoms with Crippen molar-refractivity contribution < 1.29 is 8.42 Å². The highest BCUT2D eigenvalue weighted by atomic mass is 32.2. The molecule has 0 aliphatic carbocycles. The topological polar surface area (TPSA) is 56.1 Å². The Morgan fingerprint density at radius 2 is 1.65 bits per heavy atom. The molecule has 1 heterocycles. The first-order valence-corrected chi connectivity index (χ1v) is 8.87. The van der Waals surface area contributed by atoms with Crippen LogP contribution in [-0.2, 0) is 16.4 Å². The number of rotatable bonds is 3. The molecule has 3 rings (SSSR count). The fraction of sp³-hybridized carbons (Fsp3) is 0.167. The van der Waals surface area contributed by atoms with Crippen molar-refractivity contribution in [1.82, 2.24) is 4.57 Å². The SMILES string of the molecule is CCn1cc2ccccc2c(S(=O)(=O)c2ccc(C)cc2)c1=O. The van der Waals surface area contributed by atoms with Crippen molar-refractivity contribution in [3.63, 3.8) is 0 Å². The Hall–Kier alpha value is -2.40. The number of pyridine rings is 1. The van der Waals surface area contributed by atoms with Crippen LogP contribution in [0.15, 0.2) is 69.3 Å². The zero-order valence-electron chi connectivity index (χ0n) is 13.0. The lowest BCUT2D eigenvalue weighted by Crippen LogP contribution is -2.25. The third kappa shape index (κ3) is 2.57. The van der Waals surface area contributed by atoms with Crippen LogP contribution in [-0.4, -0.2) is 13.0 Å². The van der Waals surface area contributed by atoms with Gasteiger partial charge < -0.3 is 4.57 Å². The molecule has 0 atom stereocenters. The summed E-state index contributed by atoms with van der Waals surface area (Å²) >= 11 is 0. The van der Waals surface area contributed by atoms with Crippen LogP contribution in [0.25, 0.3) is 10.8 Å². The fourth-order valence-electron chi connectivity index (χ4n) is 2.62. The molecule has 0 aliphatic rings. The molecule has 0 amide bonds. The highest BCUT2D eigenvalue weighted by Gasteiger charge is 2.25. The van der Waals surface area contributed by atoms with Gasteiger partial charge >= 0.3 is 0 Å². The molecule has 1 aromatic heterocycles. The van der Waals surface area contributed by atoms with E-state index < -0.39 is 15.4 Å². The zero-order valence-corrected chi connectivity index (χ0v) is 13.8. The van der Waals surface area contributed by atoms with Crippen molar-refractivity contribution >= 4 is 20.6 Å². The van der Waals surface area contributed by atoms with Crippen molar-refractivity contribution in [3.05, 3.63) is 70.6 Å². The molecule has 0 spiro atoms. The zero-order chi connectivity index (χ0) is 16.6. The summed E-state index contributed by atoms with van der Waals surface area (Å²) in [4.78, 5) is 12.7. The molecule has 0 bridgehead atoms. The summed E-state index contributed by atoms with van der Waals surface area (Å²) < 4.78 is 27.5. The Bertz CT molecular complexity index is 1030. The number of benzene rings is 2. The molecule has 0 unspecified atom stereocenters. The van der Waals surface area contributed by atoms with Crippen LogP contribution in [0.4, 0.5) is 0 Å². The minimum atomic E-state index is -3.88. The molecule has 0 fully saturated rings. The maximum absolute atomic E-state index is 13.0. The van der Waals surface area contributed by atoms with Crippen LogP contribution in [0.5, 0.6) is 0 Å². The Kier molecular flexibility index (Phi) is 3.82. The van der Waals surface area contributed by atoms with E-state index in [2.05, 4.69) is 0 Å². The van der Waals surface area contributed by atoms with Gasteiger partial charge in [-0.1, -0.05) is 42.0 Å². The average molecular weight is 327 g/mol. The van der Waals surface area contributed by atoms with E-state index in [1.807, 2.05) is 26.0 Å².